The van der Waals surface area contributed by atoms with Crippen LogP contribution >= 0.6 is 31.9 Å². The molecule has 2 atom stereocenters. The number of esters is 1. The lowest BCUT2D eigenvalue weighted by Crippen LogP contribution is -2.29. The van der Waals surface area contributed by atoms with Crippen LogP contribution in [0.3, 0.4) is 0 Å². The normalized spacial score (nSPS) is 13.8. The minimum Gasteiger partial charge on any atom is -0.480 e. The van der Waals surface area contributed by atoms with Crippen LogP contribution in [0, 0.1) is 0 Å². The van der Waals surface area contributed by atoms with Gasteiger partial charge in [-0.3, -0.25) is 4.79 Å². The third-order valence-electron chi connectivity index (χ3n) is 3.54. The van der Waals surface area contributed by atoms with Crippen molar-refractivity contribution in [2.24, 2.45) is 0 Å². The maximum Gasteiger partial charge on any atom is 0.514 e. The Morgan fingerprint density at radius 1 is 1.00 bits per heavy atom. The maximum atomic E-state index is 13.1. The smallest absolute Gasteiger partial charge is 0.480 e. The monoisotopic (exact) mass is 566 g/mol. The number of alkyl halides is 2. The number of hydrogen-bond donors (Lipinski definition) is 1. The second-order valence-corrected chi connectivity index (χ2v) is 10.6. The number of methoxy groups -OCH3 is 1. The average molecular weight is 568 g/mol. The Balaban J connectivity index is 3.70. The molecule has 1 rings (SSSR count). The fraction of sp³-hybridized carbons (Fsp3) is 0.571. The zero-order valence-corrected chi connectivity index (χ0v) is 21.7. The largest absolute Gasteiger partial charge is 0.514 e. The van der Waals surface area contributed by atoms with Gasteiger partial charge in [-0.25, -0.2) is 9.59 Å². The van der Waals surface area contributed by atoms with Gasteiger partial charge in [0.05, 0.1) is 11.4 Å². The first-order valence-corrected chi connectivity index (χ1v) is 11.2. The first-order chi connectivity index (χ1) is 14.1. The van der Waals surface area contributed by atoms with Crippen LogP contribution < -0.4 is 4.74 Å². The van der Waals surface area contributed by atoms with Crippen molar-refractivity contribution in [2.45, 2.75) is 69.0 Å². The Labute approximate surface area is 198 Å². The van der Waals surface area contributed by atoms with Gasteiger partial charge in [-0.05, 0) is 47.1 Å². The van der Waals surface area contributed by atoms with Gasteiger partial charge in [-0.2, -0.15) is 0 Å². The maximum absolute atomic E-state index is 13.1. The second kappa shape index (κ2) is 10.8. The van der Waals surface area contributed by atoms with Crippen LogP contribution in [0.1, 0.15) is 67.9 Å². The van der Waals surface area contributed by atoms with Crippen LogP contribution in [0.2, 0.25) is 0 Å². The molecule has 2 unspecified atom stereocenters. The SMILES string of the molecule is COCc1ccc(C(Br)C(Br)C(=O)O)c(OC(=O)OC(C)(C)C)c1C(=O)OC(C)(C)C. The molecule has 31 heavy (non-hydrogen) atoms. The summed E-state index contributed by atoms with van der Waals surface area (Å²) in [4.78, 5) is 35.1. The molecule has 0 fully saturated rings. The molecule has 1 aromatic rings. The topological polar surface area (TPSA) is 108 Å². The Bertz CT molecular complexity index is 824. The molecule has 1 aromatic carbocycles. The fourth-order valence-electron chi connectivity index (χ4n) is 2.43. The Morgan fingerprint density at radius 3 is 2.00 bits per heavy atom. The first-order valence-electron chi connectivity index (χ1n) is 9.37. The first kappa shape index (κ1) is 27.4. The second-order valence-electron chi connectivity index (χ2n) is 8.66. The van der Waals surface area contributed by atoms with Gasteiger partial charge in [0, 0.05) is 12.7 Å². The van der Waals surface area contributed by atoms with Crippen molar-refractivity contribution in [3.8, 4) is 5.75 Å². The van der Waals surface area contributed by atoms with Crippen molar-refractivity contribution in [1.29, 1.82) is 0 Å². The van der Waals surface area contributed by atoms with E-state index in [4.69, 9.17) is 18.9 Å². The summed E-state index contributed by atoms with van der Waals surface area (Å²) in [5.74, 6) is -2.06. The van der Waals surface area contributed by atoms with Gasteiger partial charge in [-0.15, -0.1) is 0 Å². The summed E-state index contributed by atoms with van der Waals surface area (Å²) in [5, 5.41) is 9.39. The van der Waals surface area contributed by atoms with E-state index in [1.807, 2.05) is 0 Å². The van der Waals surface area contributed by atoms with Crippen LogP contribution in [-0.4, -0.2) is 46.3 Å². The van der Waals surface area contributed by atoms with Crippen LogP contribution in [0.25, 0.3) is 0 Å². The number of carboxylic acid groups (broad SMARTS) is 1. The minimum atomic E-state index is -1.15. The lowest BCUT2D eigenvalue weighted by Gasteiger charge is -2.25. The van der Waals surface area contributed by atoms with Gasteiger partial charge >= 0.3 is 18.1 Å². The summed E-state index contributed by atoms with van der Waals surface area (Å²) in [6, 6.07) is 3.15. The number of ether oxygens (including phenoxy) is 4. The molecule has 0 aliphatic heterocycles. The zero-order valence-electron chi connectivity index (χ0n) is 18.6. The van der Waals surface area contributed by atoms with Crippen molar-refractivity contribution in [2.75, 3.05) is 7.11 Å². The lowest BCUT2D eigenvalue weighted by atomic mass is 9.99. The van der Waals surface area contributed by atoms with Crippen LogP contribution in [0.4, 0.5) is 4.79 Å². The predicted octanol–water partition coefficient (Wildman–Crippen LogP) is 5.39. The summed E-state index contributed by atoms with van der Waals surface area (Å²) in [5.41, 5.74) is -1.07. The summed E-state index contributed by atoms with van der Waals surface area (Å²) >= 11 is 6.41. The molecule has 8 nitrogen and oxygen atoms in total. The third kappa shape index (κ3) is 8.42. The van der Waals surface area contributed by atoms with Crippen molar-refractivity contribution in [3.63, 3.8) is 0 Å². The van der Waals surface area contributed by atoms with Crippen molar-refractivity contribution in [1.82, 2.24) is 0 Å². The van der Waals surface area contributed by atoms with Gasteiger partial charge < -0.3 is 24.1 Å². The van der Waals surface area contributed by atoms with Gasteiger partial charge in [0.25, 0.3) is 0 Å². The van der Waals surface area contributed by atoms with Crippen LogP contribution in [0.15, 0.2) is 12.1 Å². The third-order valence-corrected chi connectivity index (χ3v) is 6.19. The molecular formula is C21H28Br2O8. The number of hydrogen-bond acceptors (Lipinski definition) is 7. The van der Waals surface area contributed by atoms with E-state index in [2.05, 4.69) is 31.9 Å². The Hall–Kier alpha value is -1.65. The van der Waals surface area contributed by atoms with E-state index in [-0.39, 0.29) is 23.5 Å². The minimum absolute atomic E-state index is 0.0309. The molecule has 0 aliphatic carbocycles. The van der Waals surface area contributed by atoms with Crippen LogP contribution in [-0.2, 0) is 25.6 Å². The molecule has 174 valence electrons. The molecule has 0 saturated carbocycles. The van der Waals surface area contributed by atoms with Gasteiger partial charge in [0.1, 0.15) is 21.6 Å². The summed E-state index contributed by atoms with van der Waals surface area (Å²) in [7, 11) is 1.45. The van der Waals surface area contributed by atoms with Crippen LogP contribution in [0.5, 0.6) is 5.75 Å². The number of carboxylic acids is 1. The van der Waals surface area contributed by atoms with Crippen molar-refractivity contribution < 1.29 is 38.4 Å². The number of halogens is 2. The molecule has 0 aromatic heterocycles. The number of benzene rings is 1. The van der Waals surface area contributed by atoms with E-state index in [1.54, 1.807) is 53.7 Å². The molecule has 0 aliphatic rings. The van der Waals surface area contributed by atoms with Gasteiger partial charge in [-0.1, -0.05) is 44.0 Å². The Morgan fingerprint density at radius 2 is 1.55 bits per heavy atom. The highest BCUT2D eigenvalue weighted by molar-refractivity contribution is 9.12. The van der Waals surface area contributed by atoms with E-state index in [9.17, 15) is 19.5 Å². The standard InChI is InChI=1S/C21H28Br2O8/c1-20(2,3)30-18(26)13-11(10-28-7)8-9-12(14(22)15(23)17(24)25)16(13)29-19(27)31-21(4,5)6/h8-9,14-15H,10H2,1-7H3,(H,24,25). The van der Waals surface area contributed by atoms with Gasteiger partial charge in [0.15, 0.2) is 5.75 Å². The molecule has 0 amide bonds. The molecule has 0 spiro atoms. The Kier molecular flexibility index (Phi) is 9.52. The van der Waals surface area contributed by atoms with Crippen molar-refractivity contribution in [3.05, 3.63) is 28.8 Å². The highest BCUT2D eigenvalue weighted by atomic mass is 79.9. The van der Waals surface area contributed by atoms with E-state index in [1.165, 1.54) is 7.11 Å². The predicted molar refractivity (Wildman–Crippen MR) is 121 cm³/mol. The highest BCUT2D eigenvalue weighted by Gasteiger charge is 2.34. The summed E-state index contributed by atoms with van der Waals surface area (Å²) in [6.45, 7) is 10.1. The van der Waals surface area contributed by atoms with E-state index >= 15 is 0 Å². The van der Waals surface area contributed by atoms with E-state index < -0.39 is 39.0 Å². The zero-order chi connectivity index (χ0) is 24.1. The molecular weight excluding hydrogens is 540 g/mol. The fourth-order valence-corrected chi connectivity index (χ4v) is 3.30. The number of aliphatic carboxylic acids is 1. The molecule has 0 saturated heterocycles. The summed E-state index contributed by atoms with van der Waals surface area (Å²) < 4.78 is 21.4. The molecule has 0 radical (unpaired) electrons. The van der Waals surface area contributed by atoms with Gasteiger partial charge in [0.2, 0.25) is 0 Å². The van der Waals surface area contributed by atoms with Crippen molar-refractivity contribution >= 4 is 50.0 Å². The molecule has 10 heteroatoms. The summed E-state index contributed by atoms with van der Waals surface area (Å²) in [6.07, 6.45) is -1.05. The average Bonchev–Trinajstić information content (AvgIpc) is 2.57. The number of carbonyl (C=O) groups is 3. The highest BCUT2D eigenvalue weighted by Crippen LogP contribution is 2.41. The molecule has 0 heterocycles. The number of rotatable bonds is 7. The quantitative estimate of drug-likeness (QED) is 0.265. The molecule has 0 bridgehead atoms. The van der Waals surface area contributed by atoms with E-state index in [0.29, 0.717) is 5.56 Å². The van der Waals surface area contributed by atoms with E-state index in [0.717, 1.165) is 0 Å². The number of carbonyl (C=O) groups excluding carboxylic acids is 2. The lowest BCUT2D eigenvalue weighted by molar-refractivity contribution is -0.136. The molecule has 1 N–H and O–H groups in total.